The molecule has 6 nitrogen and oxygen atoms in total. The molecule has 1 spiro atoms. The van der Waals surface area contributed by atoms with E-state index in [0.29, 0.717) is 19.7 Å². The third-order valence-corrected chi connectivity index (χ3v) is 5.12. The smallest absolute Gasteiger partial charge is 0.312 e. The van der Waals surface area contributed by atoms with Gasteiger partial charge in [-0.25, -0.2) is 0 Å². The van der Waals surface area contributed by atoms with Crippen molar-refractivity contribution in [2.24, 2.45) is 11.8 Å². The second kappa shape index (κ2) is 5.77. The highest BCUT2D eigenvalue weighted by molar-refractivity contribution is 5.91. The first kappa shape index (κ1) is 15.4. The Morgan fingerprint density at radius 1 is 1.50 bits per heavy atom. The van der Waals surface area contributed by atoms with Gasteiger partial charge in [-0.2, -0.15) is 0 Å². The average Bonchev–Trinajstić information content (AvgIpc) is 3.31. The summed E-state index contributed by atoms with van der Waals surface area (Å²) in [6.45, 7) is 3.28. The molecule has 0 aromatic carbocycles. The zero-order chi connectivity index (χ0) is 16.7. The molecule has 1 unspecified atom stereocenters. The van der Waals surface area contributed by atoms with Crippen LogP contribution in [0.4, 0.5) is 0 Å². The van der Waals surface area contributed by atoms with E-state index in [1.165, 1.54) is 0 Å². The zero-order valence-electron chi connectivity index (χ0n) is 13.6. The molecular weight excluding hydrogens is 310 g/mol. The Morgan fingerprint density at radius 2 is 2.38 bits per heavy atom. The molecule has 4 atom stereocenters. The maximum atomic E-state index is 12.9. The molecule has 0 aliphatic carbocycles. The number of carbonyl (C=O) groups excluding carboxylic acids is 2. The van der Waals surface area contributed by atoms with Crippen LogP contribution in [0.3, 0.4) is 0 Å². The summed E-state index contributed by atoms with van der Waals surface area (Å²) >= 11 is 0. The second-order valence-corrected chi connectivity index (χ2v) is 6.69. The van der Waals surface area contributed by atoms with Crippen molar-refractivity contribution in [2.45, 2.75) is 38.0 Å². The Kier molecular flexibility index (Phi) is 3.72. The number of furan rings is 1. The molecule has 1 aromatic heterocycles. The summed E-state index contributed by atoms with van der Waals surface area (Å²) in [4.78, 5) is 27.1. The van der Waals surface area contributed by atoms with Gasteiger partial charge in [-0.05, 0) is 18.6 Å². The van der Waals surface area contributed by atoms with Crippen molar-refractivity contribution >= 4 is 11.9 Å². The molecule has 6 heteroatoms. The summed E-state index contributed by atoms with van der Waals surface area (Å²) in [5, 5.41) is 0. The quantitative estimate of drug-likeness (QED) is 0.452. The maximum Gasteiger partial charge on any atom is 0.312 e. The topological polar surface area (TPSA) is 69.0 Å². The zero-order valence-corrected chi connectivity index (χ0v) is 13.6. The lowest BCUT2D eigenvalue weighted by Gasteiger charge is -2.22. The minimum Gasteiger partial charge on any atom is -0.467 e. The number of hydrogen-bond acceptors (Lipinski definition) is 5. The average molecular weight is 331 g/mol. The summed E-state index contributed by atoms with van der Waals surface area (Å²) in [6.07, 6.45) is 6.86. The Bertz CT molecular complexity index is 667. The van der Waals surface area contributed by atoms with E-state index in [-0.39, 0.29) is 18.0 Å². The van der Waals surface area contributed by atoms with Crippen LogP contribution in [0.5, 0.6) is 0 Å². The number of esters is 1. The van der Waals surface area contributed by atoms with Gasteiger partial charge in [-0.1, -0.05) is 25.5 Å². The third-order valence-electron chi connectivity index (χ3n) is 5.12. The lowest BCUT2D eigenvalue weighted by molar-refractivity contribution is -0.154. The van der Waals surface area contributed by atoms with Crippen LogP contribution in [0.25, 0.3) is 0 Å². The molecule has 0 saturated carbocycles. The van der Waals surface area contributed by atoms with Crippen LogP contribution in [0.15, 0.2) is 35.0 Å². The minimum atomic E-state index is -0.692. The van der Waals surface area contributed by atoms with Gasteiger partial charge in [0, 0.05) is 0 Å². The van der Waals surface area contributed by atoms with Gasteiger partial charge in [-0.3, -0.25) is 9.59 Å². The number of ether oxygens (including phenoxy) is 2. The predicted molar refractivity (Wildman–Crippen MR) is 83.7 cm³/mol. The molecule has 1 amide bonds. The van der Waals surface area contributed by atoms with E-state index in [4.69, 9.17) is 13.9 Å². The summed E-state index contributed by atoms with van der Waals surface area (Å²) in [5.41, 5.74) is -0.692. The first-order valence-corrected chi connectivity index (χ1v) is 8.49. The van der Waals surface area contributed by atoms with E-state index in [9.17, 15) is 9.59 Å². The van der Waals surface area contributed by atoms with Crippen molar-refractivity contribution in [1.29, 1.82) is 0 Å². The maximum absolute atomic E-state index is 12.9. The summed E-state index contributed by atoms with van der Waals surface area (Å²) < 4.78 is 16.7. The summed E-state index contributed by atoms with van der Waals surface area (Å²) in [5.74, 6) is -0.688. The molecule has 3 aliphatic rings. The predicted octanol–water partition coefficient (Wildman–Crippen LogP) is 1.90. The van der Waals surface area contributed by atoms with Crippen LogP contribution in [0.1, 0.15) is 25.5 Å². The van der Waals surface area contributed by atoms with Gasteiger partial charge in [0.05, 0.1) is 38.0 Å². The lowest BCUT2D eigenvalue weighted by Crippen LogP contribution is -2.40. The Balaban J connectivity index is 1.52. The minimum absolute atomic E-state index is 0.0595. The van der Waals surface area contributed by atoms with E-state index in [1.807, 2.05) is 25.1 Å². The van der Waals surface area contributed by atoms with Crippen LogP contribution in [-0.2, 0) is 25.6 Å². The molecule has 2 fully saturated rings. The van der Waals surface area contributed by atoms with Crippen LogP contribution in [0.2, 0.25) is 0 Å². The molecule has 24 heavy (non-hydrogen) atoms. The molecule has 4 rings (SSSR count). The standard InChI is InChI=1S/C18H21NO5/c1-2-3-8-23-17(21)14-13-6-7-18(24-13)11-19(16(20)15(14)18)10-12-5-4-9-22-12/h4-7,9,13-15H,2-3,8,10-11H2,1H3/t13-,14?,15+,18-/m1/s1. The number of unbranched alkanes of at least 4 members (excludes halogenated alkanes) is 1. The highest BCUT2D eigenvalue weighted by atomic mass is 16.6. The summed E-state index contributed by atoms with van der Waals surface area (Å²) in [6, 6.07) is 3.63. The molecule has 0 N–H and O–H groups in total. The van der Waals surface area contributed by atoms with Crippen molar-refractivity contribution in [3.8, 4) is 0 Å². The molecule has 2 saturated heterocycles. The fraction of sp³-hybridized carbons (Fsp3) is 0.556. The largest absolute Gasteiger partial charge is 0.467 e. The van der Waals surface area contributed by atoms with E-state index in [0.717, 1.165) is 18.6 Å². The van der Waals surface area contributed by atoms with Crippen molar-refractivity contribution in [1.82, 2.24) is 4.90 Å². The fourth-order valence-corrected chi connectivity index (χ4v) is 3.99. The van der Waals surface area contributed by atoms with Crippen molar-refractivity contribution in [3.05, 3.63) is 36.3 Å². The van der Waals surface area contributed by atoms with Crippen molar-refractivity contribution in [2.75, 3.05) is 13.2 Å². The Labute approximate surface area is 140 Å². The van der Waals surface area contributed by atoms with Gasteiger partial charge < -0.3 is 18.8 Å². The number of carbonyl (C=O) groups is 2. The SMILES string of the molecule is CCCCOC(=O)C1[C@H]2C(=O)N(Cc3ccco3)C[C@]23C=C[C@H]1O3. The van der Waals surface area contributed by atoms with E-state index in [2.05, 4.69) is 0 Å². The highest BCUT2D eigenvalue weighted by Gasteiger charge is 2.67. The van der Waals surface area contributed by atoms with Gasteiger partial charge in [0.25, 0.3) is 0 Å². The van der Waals surface area contributed by atoms with Gasteiger partial charge in [0.15, 0.2) is 0 Å². The van der Waals surface area contributed by atoms with E-state index in [1.54, 1.807) is 17.2 Å². The molecule has 4 heterocycles. The number of hydrogen-bond donors (Lipinski definition) is 0. The van der Waals surface area contributed by atoms with Gasteiger partial charge in [-0.15, -0.1) is 0 Å². The van der Waals surface area contributed by atoms with Crippen LogP contribution in [0, 0.1) is 11.8 Å². The molecular formula is C18H21NO5. The Hall–Kier alpha value is -2.08. The van der Waals surface area contributed by atoms with E-state index < -0.39 is 17.4 Å². The number of rotatable bonds is 6. The highest BCUT2D eigenvalue weighted by Crippen LogP contribution is 2.52. The van der Waals surface area contributed by atoms with Gasteiger partial charge >= 0.3 is 5.97 Å². The number of likely N-dealkylation sites (tertiary alicyclic amines) is 1. The normalized spacial score (nSPS) is 33.3. The van der Waals surface area contributed by atoms with Gasteiger partial charge in [0.1, 0.15) is 17.3 Å². The monoisotopic (exact) mass is 331 g/mol. The number of fused-ring (bicyclic) bond motifs is 1. The van der Waals surface area contributed by atoms with Crippen molar-refractivity contribution in [3.63, 3.8) is 0 Å². The first-order chi connectivity index (χ1) is 11.6. The van der Waals surface area contributed by atoms with Crippen LogP contribution >= 0.6 is 0 Å². The Morgan fingerprint density at radius 3 is 3.12 bits per heavy atom. The first-order valence-electron chi connectivity index (χ1n) is 8.49. The molecule has 128 valence electrons. The molecule has 3 aliphatic heterocycles. The second-order valence-electron chi connectivity index (χ2n) is 6.69. The van der Waals surface area contributed by atoms with Crippen LogP contribution < -0.4 is 0 Å². The number of amides is 1. The van der Waals surface area contributed by atoms with Gasteiger partial charge in [0.2, 0.25) is 5.91 Å². The third kappa shape index (κ3) is 2.28. The van der Waals surface area contributed by atoms with Crippen LogP contribution in [-0.4, -0.2) is 41.6 Å². The lowest BCUT2D eigenvalue weighted by atomic mass is 9.77. The van der Waals surface area contributed by atoms with Crippen molar-refractivity contribution < 1.29 is 23.5 Å². The number of nitrogens with zero attached hydrogens (tertiary/aromatic N) is 1. The molecule has 1 aromatic rings. The fourth-order valence-electron chi connectivity index (χ4n) is 3.99. The summed E-state index contributed by atoms with van der Waals surface area (Å²) in [7, 11) is 0. The molecule has 0 radical (unpaired) electrons. The molecule has 2 bridgehead atoms. The van der Waals surface area contributed by atoms with E-state index >= 15 is 0 Å².